The highest BCUT2D eigenvalue weighted by molar-refractivity contribution is 5.71. The van der Waals surface area contributed by atoms with Gasteiger partial charge in [-0.2, -0.15) is 0 Å². The van der Waals surface area contributed by atoms with Gasteiger partial charge in [0.25, 0.3) is 0 Å². The van der Waals surface area contributed by atoms with Crippen molar-refractivity contribution >= 4 is 5.97 Å². The number of rotatable bonds is 3. The molecule has 0 radical (unpaired) electrons. The maximum atomic E-state index is 11.7. The van der Waals surface area contributed by atoms with Crippen LogP contribution in [0.1, 0.15) is 53.4 Å². The molecule has 0 aromatic heterocycles. The van der Waals surface area contributed by atoms with Crippen molar-refractivity contribution in [1.29, 1.82) is 0 Å². The Hall–Kier alpha value is -0.530. The van der Waals surface area contributed by atoms with Gasteiger partial charge in [0.05, 0.1) is 5.92 Å². The molecule has 0 aromatic carbocycles. The number of hydrogen-bond donors (Lipinski definition) is 1. The summed E-state index contributed by atoms with van der Waals surface area (Å²) in [7, 11) is 0. The molecule has 3 aliphatic carbocycles. The summed E-state index contributed by atoms with van der Waals surface area (Å²) in [4.78, 5) is 11.7. The molecule has 0 amide bonds. The van der Waals surface area contributed by atoms with Gasteiger partial charge in [0, 0.05) is 0 Å². The first-order valence-electron chi connectivity index (χ1n) is 8.63. The minimum Gasteiger partial charge on any atom is -0.481 e. The Morgan fingerprint density at radius 2 is 1.30 bits per heavy atom. The summed E-state index contributed by atoms with van der Waals surface area (Å²) in [6.07, 6.45) is 4.79. The van der Waals surface area contributed by atoms with Crippen LogP contribution in [0.3, 0.4) is 0 Å². The molecule has 3 saturated carbocycles. The first kappa shape index (κ1) is 14.4. The average molecular weight is 278 g/mol. The van der Waals surface area contributed by atoms with E-state index in [1.54, 1.807) is 0 Å². The Morgan fingerprint density at radius 1 is 0.800 bits per heavy atom. The SMILES string of the molecule is CC1CC(C)C1C1CC(C(=O)O)C(C2C(C)CC2C)C1. The average Bonchev–Trinajstić information content (AvgIpc) is 2.72. The molecular formula is C18H30O2. The quantitative estimate of drug-likeness (QED) is 0.836. The van der Waals surface area contributed by atoms with Gasteiger partial charge < -0.3 is 5.11 Å². The Kier molecular flexibility index (Phi) is 3.63. The Balaban J connectivity index is 1.74. The van der Waals surface area contributed by atoms with E-state index in [1.807, 2.05) is 0 Å². The van der Waals surface area contributed by atoms with Crippen molar-refractivity contribution in [2.45, 2.75) is 53.4 Å². The fraction of sp³-hybridized carbons (Fsp3) is 0.944. The second-order valence-electron chi connectivity index (χ2n) is 8.38. The highest BCUT2D eigenvalue weighted by Crippen LogP contribution is 2.58. The van der Waals surface area contributed by atoms with E-state index in [4.69, 9.17) is 0 Å². The van der Waals surface area contributed by atoms with Gasteiger partial charge in [0.15, 0.2) is 0 Å². The van der Waals surface area contributed by atoms with Crippen LogP contribution in [0.25, 0.3) is 0 Å². The van der Waals surface area contributed by atoms with E-state index in [1.165, 1.54) is 19.3 Å². The van der Waals surface area contributed by atoms with E-state index in [9.17, 15) is 9.90 Å². The summed E-state index contributed by atoms with van der Waals surface area (Å²) in [5.74, 6) is 5.14. The lowest BCUT2D eigenvalue weighted by Gasteiger charge is -2.47. The third kappa shape index (κ3) is 2.10. The van der Waals surface area contributed by atoms with Crippen LogP contribution >= 0.6 is 0 Å². The number of carboxylic acid groups (broad SMARTS) is 1. The number of hydrogen-bond acceptors (Lipinski definition) is 1. The van der Waals surface area contributed by atoms with Gasteiger partial charge in [0.2, 0.25) is 0 Å². The summed E-state index contributed by atoms with van der Waals surface area (Å²) < 4.78 is 0. The smallest absolute Gasteiger partial charge is 0.306 e. The van der Waals surface area contributed by atoms with Crippen molar-refractivity contribution in [3.8, 4) is 0 Å². The van der Waals surface area contributed by atoms with Gasteiger partial charge in [-0.1, -0.05) is 27.7 Å². The molecule has 3 rings (SSSR count). The van der Waals surface area contributed by atoms with Crippen LogP contribution in [-0.4, -0.2) is 11.1 Å². The standard InChI is InChI=1S/C18H30O2/c1-9-5-10(2)16(9)13-7-14(15(8-13)18(19)20)17-11(3)6-12(17)4/h9-17H,5-8H2,1-4H3,(H,19,20). The molecule has 7 unspecified atom stereocenters. The topological polar surface area (TPSA) is 37.3 Å². The Morgan fingerprint density at radius 3 is 1.70 bits per heavy atom. The lowest BCUT2D eigenvalue weighted by molar-refractivity contribution is -0.145. The molecule has 3 fully saturated rings. The summed E-state index contributed by atoms with van der Waals surface area (Å²) in [6, 6.07) is 0. The number of carbonyl (C=O) groups is 1. The summed E-state index contributed by atoms with van der Waals surface area (Å²) >= 11 is 0. The molecule has 20 heavy (non-hydrogen) atoms. The largest absolute Gasteiger partial charge is 0.481 e. The van der Waals surface area contributed by atoms with Gasteiger partial charge in [-0.15, -0.1) is 0 Å². The minimum atomic E-state index is -0.525. The summed E-state index contributed by atoms with van der Waals surface area (Å²) in [5.41, 5.74) is 0. The van der Waals surface area contributed by atoms with Crippen LogP contribution in [0, 0.1) is 53.3 Å². The lowest BCUT2D eigenvalue weighted by atomic mass is 9.58. The maximum absolute atomic E-state index is 11.7. The molecule has 0 bridgehead atoms. The second kappa shape index (κ2) is 5.03. The molecule has 0 aromatic rings. The van der Waals surface area contributed by atoms with Gasteiger partial charge >= 0.3 is 5.97 Å². The molecule has 3 aliphatic rings. The van der Waals surface area contributed by atoms with Crippen molar-refractivity contribution in [3.05, 3.63) is 0 Å². The fourth-order valence-electron chi connectivity index (χ4n) is 6.44. The molecule has 0 aliphatic heterocycles. The van der Waals surface area contributed by atoms with Gasteiger partial charge in [-0.25, -0.2) is 0 Å². The van der Waals surface area contributed by atoms with Crippen molar-refractivity contribution < 1.29 is 9.90 Å². The first-order chi connectivity index (χ1) is 9.40. The zero-order valence-electron chi connectivity index (χ0n) is 13.4. The number of aliphatic carboxylic acids is 1. The van der Waals surface area contributed by atoms with Crippen LogP contribution < -0.4 is 0 Å². The lowest BCUT2D eigenvalue weighted by Crippen LogP contribution is -2.41. The van der Waals surface area contributed by atoms with Crippen LogP contribution in [-0.2, 0) is 4.79 Å². The maximum Gasteiger partial charge on any atom is 0.306 e. The molecule has 0 heterocycles. The molecule has 1 N–H and O–H groups in total. The Labute approximate surface area is 123 Å². The predicted molar refractivity (Wildman–Crippen MR) is 80.2 cm³/mol. The molecule has 114 valence electrons. The minimum absolute atomic E-state index is 0.0600. The predicted octanol–water partition coefficient (Wildman–Crippen LogP) is 4.30. The van der Waals surface area contributed by atoms with E-state index >= 15 is 0 Å². The molecule has 0 saturated heterocycles. The third-order valence-electron chi connectivity index (χ3n) is 7.12. The van der Waals surface area contributed by atoms with Crippen LogP contribution in [0.4, 0.5) is 0 Å². The highest BCUT2D eigenvalue weighted by atomic mass is 16.4. The normalized spacial score (nSPS) is 55.1. The third-order valence-corrected chi connectivity index (χ3v) is 7.12. The van der Waals surface area contributed by atoms with Crippen molar-refractivity contribution in [1.82, 2.24) is 0 Å². The van der Waals surface area contributed by atoms with Gasteiger partial charge in [-0.3, -0.25) is 4.79 Å². The summed E-state index contributed by atoms with van der Waals surface area (Å²) in [5, 5.41) is 9.65. The van der Waals surface area contributed by atoms with Crippen LogP contribution in [0.2, 0.25) is 0 Å². The highest BCUT2D eigenvalue weighted by Gasteiger charge is 2.53. The van der Waals surface area contributed by atoms with Crippen molar-refractivity contribution in [2.75, 3.05) is 0 Å². The monoisotopic (exact) mass is 278 g/mol. The molecular weight excluding hydrogens is 248 g/mol. The van der Waals surface area contributed by atoms with E-state index < -0.39 is 5.97 Å². The molecule has 7 atom stereocenters. The van der Waals surface area contributed by atoms with Crippen LogP contribution in [0.5, 0.6) is 0 Å². The van der Waals surface area contributed by atoms with Crippen LogP contribution in [0.15, 0.2) is 0 Å². The van der Waals surface area contributed by atoms with Crippen molar-refractivity contribution in [3.63, 3.8) is 0 Å². The summed E-state index contributed by atoms with van der Waals surface area (Å²) in [6.45, 7) is 9.38. The van der Waals surface area contributed by atoms with E-state index in [2.05, 4.69) is 27.7 Å². The van der Waals surface area contributed by atoms with E-state index in [0.29, 0.717) is 17.8 Å². The molecule has 2 heteroatoms. The van der Waals surface area contributed by atoms with Crippen molar-refractivity contribution in [2.24, 2.45) is 53.3 Å². The zero-order valence-corrected chi connectivity index (χ0v) is 13.4. The zero-order chi connectivity index (χ0) is 14.6. The molecule has 0 spiro atoms. The Bertz CT molecular complexity index is 375. The first-order valence-corrected chi connectivity index (χ1v) is 8.63. The second-order valence-corrected chi connectivity index (χ2v) is 8.38. The van der Waals surface area contributed by atoms with Gasteiger partial charge in [0.1, 0.15) is 0 Å². The number of carboxylic acids is 1. The van der Waals surface area contributed by atoms with Gasteiger partial charge in [-0.05, 0) is 73.0 Å². The van der Waals surface area contributed by atoms with E-state index in [-0.39, 0.29) is 5.92 Å². The fourth-order valence-corrected chi connectivity index (χ4v) is 6.44. The van der Waals surface area contributed by atoms with E-state index in [0.717, 1.165) is 36.0 Å². The molecule has 2 nitrogen and oxygen atoms in total.